The van der Waals surface area contributed by atoms with Gasteiger partial charge in [-0.1, -0.05) is 18.2 Å². The predicted octanol–water partition coefficient (Wildman–Crippen LogP) is 1.84. The minimum absolute atomic E-state index is 0.0302. The summed E-state index contributed by atoms with van der Waals surface area (Å²) in [6.07, 6.45) is 5.71. The van der Waals surface area contributed by atoms with Gasteiger partial charge in [-0.2, -0.15) is 0 Å². The molecule has 2 bridgehead atoms. The van der Waals surface area contributed by atoms with Crippen molar-refractivity contribution in [2.75, 3.05) is 0 Å². The number of nitrogens with zero attached hydrogens (tertiary/aromatic N) is 2. The number of rotatable bonds is 0. The molecular weight excluding hydrogens is 224 g/mol. The van der Waals surface area contributed by atoms with E-state index >= 15 is 0 Å². The van der Waals surface area contributed by atoms with Gasteiger partial charge in [-0.05, 0) is 6.07 Å². The summed E-state index contributed by atoms with van der Waals surface area (Å²) in [7, 11) is 1.94. The second kappa shape index (κ2) is 4.11. The van der Waals surface area contributed by atoms with Crippen molar-refractivity contribution < 1.29 is 4.57 Å². The zero-order valence-corrected chi connectivity index (χ0v) is 10.1. The number of aryl methyl sites for hydroxylation is 1. The van der Waals surface area contributed by atoms with E-state index in [9.17, 15) is 4.79 Å². The SMILES string of the molecule is C[n+]1cccc(=O)n2cc(cc1)c1ccccc12. The lowest BCUT2D eigenvalue weighted by molar-refractivity contribution is -0.670. The summed E-state index contributed by atoms with van der Waals surface area (Å²) >= 11 is 0. The molecule has 0 N–H and O–H groups in total. The van der Waals surface area contributed by atoms with E-state index in [4.69, 9.17) is 0 Å². The van der Waals surface area contributed by atoms with Crippen LogP contribution in [0.1, 0.15) is 0 Å². The van der Waals surface area contributed by atoms with Crippen LogP contribution in [0.25, 0.3) is 16.3 Å². The summed E-state index contributed by atoms with van der Waals surface area (Å²) in [6.45, 7) is 0. The standard InChI is InChI=1S/C15H13N2O/c1-16-9-4-7-15(18)17-11-12(8-10-16)13-5-2-3-6-14(13)17/h2-11H,1H3/q+1. The van der Waals surface area contributed by atoms with Crippen LogP contribution in [0, 0.1) is 0 Å². The maximum atomic E-state index is 12.1. The molecule has 0 spiro atoms. The van der Waals surface area contributed by atoms with Crippen LogP contribution in [0.2, 0.25) is 0 Å². The summed E-state index contributed by atoms with van der Waals surface area (Å²) in [5.74, 6) is 0. The maximum Gasteiger partial charge on any atom is 0.255 e. The minimum atomic E-state index is -0.0302. The van der Waals surface area contributed by atoms with Gasteiger partial charge in [0, 0.05) is 35.2 Å². The van der Waals surface area contributed by atoms with Crippen molar-refractivity contribution in [1.82, 2.24) is 4.40 Å². The van der Waals surface area contributed by atoms with Crippen LogP contribution < -0.4 is 10.1 Å². The van der Waals surface area contributed by atoms with Crippen molar-refractivity contribution in [2.24, 2.45) is 7.05 Å². The van der Waals surface area contributed by atoms with Crippen LogP contribution in [-0.4, -0.2) is 4.40 Å². The quantitative estimate of drug-likeness (QED) is 0.548. The normalized spacial score (nSPS) is 10.7. The van der Waals surface area contributed by atoms with Crippen molar-refractivity contribution >= 4 is 16.3 Å². The van der Waals surface area contributed by atoms with E-state index in [-0.39, 0.29) is 5.56 Å². The zero-order valence-electron chi connectivity index (χ0n) is 10.1. The molecule has 0 aliphatic heterocycles. The van der Waals surface area contributed by atoms with Gasteiger partial charge >= 0.3 is 0 Å². The van der Waals surface area contributed by atoms with E-state index in [1.165, 1.54) is 0 Å². The molecule has 0 unspecified atom stereocenters. The lowest BCUT2D eigenvalue weighted by Gasteiger charge is -1.89. The summed E-state index contributed by atoms with van der Waals surface area (Å²) < 4.78 is 3.60. The van der Waals surface area contributed by atoms with Crippen molar-refractivity contribution in [1.29, 1.82) is 0 Å². The summed E-state index contributed by atoms with van der Waals surface area (Å²) in [4.78, 5) is 12.1. The molecule has 0 saturated heterocycles. The van der Waals surface area contributed by atoms with Crippen LogP contribution in [0.15, 0.2) is 65.8 Å². The Balaban J connectivity index is 2.62. The molecule has 2 heterocycles. The first kappa shape index (κ1) is 10.7. The molecule has 0 aliphatic carbocycles. The molecular formula is C15H13N2O+. The highest BCUT2D eigenvalue weighted by Crippen LogP contribution is 2.18. The zero-order chi connectivity index (χ0) is 12.5. The predicted molar refractivity (Wildman–Crippen MR) is 71.2 cm³/mol. The van der Waals surface area contributed by atoms with E-state index < -0.39 is 0 Å². The van der Waals surface area contributed by atoms with Gasteiger partial charge in [0.2, 0.25) is 0 Å². The first-order valence-corrected chi connectivity index (χ1v) is 5.82. The number of para-hydroxylation sites is 1. The third-order valence-electron chi connectivity index (χ3n) is 3.03. The van der Waals surface area contributed by atoms with E-state index in [1.54, 1.807) is 16.5 Å². The summed E-state index contributed by atoms with van der Waals surface area (Å²) in [6, 6.07) is 13.3. The molecule has 0 fully saturated rings. The monoisotopic (exact) mass is 237 g/mol. The second-order valence-electron chi connectivity index (χ2n) is 4.30. The van der Waals surface area contributed by atoms with Gasteiger partial charge in [-0.3, -0.25) is 9.20 Å². The molecule has 1 aromatic carbocycles. The average Bonchev–Trinajstić information content (AvgIpc) is 2.74. The fourth-order valence-corrected chi connectivity index (χ4v) is 2.11. The molecule has 0 aliphatic rings. The molecule has 3 heteroatoms. The van der Waals surface area contributed by atoms with Crippen molar-refractivity contribution in [3.8, 4) is 0 Å². The van der Waals surface area contributed by atoms with Crippen LogP contribution in [-0.2, 0) is 7.05 Å². The Morgan fingerprint density at radius 3 is 2.72 bits per heavy atom. The topological polar surface area (TPSA) is 25.4 Å². The highest BCUT2D eigenvalue weighted by Gasteiger charge is 2.02. The molecule has 0 atom stereocenters. The molecule has 3 nitrogen and oxygen atoms in total. The van der Waals surface area contributed by atoms with Gasteiger partial charge in [0.05, 0.1) is 5.52 Å². The number of hydrogen-bond donors (Lipinski definition) is 0. The lowest BCUT2D eigenvalue weighted by Crippen LogP contribution is -2.24. The van der Waals surface area contributed by atoms with E-state index in [2.05, 4.69) is 0 Å². The molecule has 18 heavy (non-hydrogen) atoms. The number of benzene rings is 1. The van der Waals surface area contributed by atoms with Gasteiger partial charge in [0.1, 0.15) is 7.05 Å². The smallest absolute Gasteiger partial charge is 0.255 e. The van der Waals surface area contributed by atoms with Gasteiger partial charge in [-0.15, -0.1) is 0 Å². The van der Waals surface area contributed by atoms with Crippen LogP contribution >= 0.6 is 0 Å². The summed E-state index contributed by atoms with van der Waals surface area (Å²) in [5, 5.41) is 2.14. The van der Waals surface area contributed by atoms with Gasteiger partial charge in [0.25, 0.3) is 5.56 Å². The Morgan fingerprint density at radius 2 is 1.83 bits per heavy atom. The molecule has 0 radical (unpaired) electrons. The Hall–Kier alpha value is -2.42. The average molecular weight is 237 g/mol. The molecule has 0 amide bonds. The summed E-state index contributed by atoms with van der Waals surface area (Å²) in [5.41, 5.74) is 0.911. The van der Waals surface area contributed by atoms with Crippen LogP contribution in [0.4, 0.5) is 0 Å². The Kier molecular flexibility index (Phi) is 2.45. The number of hydrogen-bond acceptors (Lipinski definition) is 1. The van der Waals surface area contributed by atoms with Crippen LogP contribution in [0.3, 0.4) is 0 Å². The van der Waals surface area contributed by atoms with E-state index in [1.807, 2.05) is 60.5 Å². The molecule has 3 rings (SSSR count). The maximum absolute atomic E-state index is 12.1. The largest absolute Gasteiger partial charge is 0.283 e. The first-order valence-electron chi connectivity index (χ1n) is 5.82. The van der Waals surface area contributed by atoms with Gasteiger partial charge in [-0.25, -0.2) is 4.57 Å². The van der Waals surface area contributed by atoms with Gasteiger partial charge in [0.15, 0.2) is 12.4 Å². The molecule has 0 saturated carbocycles. The van der Waals surface area contributed by atoms with Crippen molar-refractivity contribution in [3.05, 3.63) is 71.4 Å². The van der Waals surface area contributed by atoms with E-state index in [0.29, 0.717) is 0 Å². The third-order valence-corrected chi connectivity index (χ3v) is 3.03. The molecule has 3 aromatic rings. The van der Waals surface area contributed by atoms with Crippen molar-refractivity contribution in [2.45, 2.75) is 0 Å². The second-order valence-corrected chi connectivity index (χ2v) is 4.30. The van der Waals surface area contributed by atoms with Gasteiger partial charge < -0.3 is 0 Å². The Morgan fingerprint density at radius 1 is 1.00 bits per heavy atom. The van der Waals surface area contributed by atoms with Crippen LogP contribution in [0.5, 0.6) is 0 Å². The third kappa shape index (κ3) is 1.70. The number of fused-ring (bicyclic) bond motifs is 5. The fourth-order valence-electron chi connectivity index (χ4n) is 2.11. The number of aromatic nitrogens is 2. The fraction of sp³-hybridized carbons (Fsp3) is 0.0667. The highest BCUT2D eigenvalue weighted by molar-refractivity contribution is 5.96. The lowest BCUT2D eigenvalue weighted by atomic mass is 10.2. The van der Waals surface area contributed by atoms with E-state index in [0.717, 1.165) is 16.3 Å². The first-order chi connectivity index (χ1) is 8.75. The van der Waals surface area contributed by atoms with Crippen molar-refractivity contribution in [3.63, 3.8) is 0 Å². The molecule has 2 aromatic heterocycles. The molecule has 88 valence electrons. The minimum Gasteiger partial charge on any atom is -0.283 e. The highest BCUT2D eigenvalue weighted by atomic mass is 16.1. The Bertz CT molecular complexity index is 819. The Labute approximate surface area is 104 Å².